The summed E-state index contributed by atoms with van der Waals surface area (Å²) in [4.78, 5) is 30.4. The van der Waals surface area contributed by atoms with Gasteiger partial charge in [-0.2, -0.15) is 0 Å². The van der Waals surface area contributed by atoms with Gasteiger partial charge >= 0.3 is 0 Å². The number of ketones is 1. The second-order valence-electron chi connectivity index (χ2n) is 8.92. The Kier molecular flexibility index (Phi) is 8.80. The Bertz CT molecular complexity index is 1220. The van der Waals surface area contributed by atoms with E-state index in [1.807, 2.05) is 0 Å². The molecule has 1 unspecified atom stereocenters. The number of rotatable bonds is 9. The molecule has 0 aromatic heterocycles. The quantitative estimate of drug-likeness (QED) is 0.257. The number of aliphatic hydroxyl groups is 1. The number of ether oxygens (including phenoxy) is 4. The number of methoxy groups -OCH3 is 3. The standard InChI is InChI=1S/C27H31BrN2O8/c1-35-20-13-16(14-21(36-2)26(20)37-3)23-22(24(32)18-15-17(28)5-6-19(18)31)25(33)27(34)30(23)8-4-7-29-9-11-38-12-10-29/h5-6,13-15,23,31-32H,4,7-12H2,1-3H3. The summed E-state index contributed by atoms with van der Waals surface area (Å²) < 4.78 is 22.4. The van der Waals surface area contributed by atoms with E-state index in [-0.39, 0.29) is 23.4 Å². The number of Topliss-reactive ketones (excluding diaryl/α,β-unsaturated/α-hetero) is 1. The maximum absolute atomic E-state index is 13.4. The third kappa shape index (κ3) is 5.45. The first-order valence-corrected chi connectivity index (χ1v) is 13.0. The summed E-state index contributed by atoms with van der Waals surface area (Å²) in [5, 5.41) is 21.8. The van der Waals surface area contributed by atoms with Crippen molar-refractivity contribution in [2.75, 3.05) is 60.7 Å². The zero-order valence-electron chi connectivity index (χ0n) is 21.5. The topological polar surface area (TPSA) is 118 Å². The summed E-state index contributed by atoms with van der Waals surface area (Å²) in [6.45, 7) is 3.91. The van der Waals surface area contributed by atoms with Crippen molar-refractivity contribution in [1.82, 2.24) is 9.80 Å². The summed E-state index contributed by atoms with van der Waals surface area (Å²) >= 11 is 3.33. The van der Waals surface area contributed by atoms with Gasteiger partial charge in [-0.25, -0.2) is 0 Å². The number of benzene rings is 2. The van der Waals surface area contributed by atoms with Gasteiger partial charge in [0.2, 0.25) is 5.75 Å². The number of hydrogen-bond donors (Lipinski definition) is 2. The minimum atomic E-state index is -0.952. The Hall–Kier alpha value is -3.28. The van der Waals surface area contributed by atoms with E-state index in [1.165, 1.54) is 38.4 Å². The molecule has 0 radical (unpaired) electrons. The molecule has 38 heavy (non-hydrogen) atoms. The van der Waals surface area contributed by atoms with Gasteiger partial charge in [-0.15, -0.1) is 0 Å². The van der Waals surface area contributed by atoms with Gasteiger partial charge in [0.25, 0.3) is 11.7 Å². The number of phenolic OH excluding ortho intramolecular Hbond substituents is 1. The second kappa shape index (κ2) is 12.1. The molecule has 11 heteroatoms. The Morgan fingerprint density at radius 3 is 2.29 bits per heavy atom. The van der Waals surface area contributed by atoms with E-state index >= 15 is 0 Å². The molecule has 2 aliphatic heterocycles. The first-order chi connectivity index (χ1) is 18.3. The van der Waals surface area contributed by atoms with E-state index in [4.69, 9.17) is 18.9 Å². The molecule has 2 aromatic rings. The SMILES string of the molecule is COc1cc(C2C(=C(O)c3cc(Br)ccc3O)C(=O)C(=O)N2CCCN2CCOCC2)cc(OC)c1OC. The fourth-order valence-electron chi connectivity index (χ4n) is 4.85. The number of aromatic hydroxyl groups is 1. The molecule has 1 amide bonds. The van der Waals surface area contributed by atoms with Gasteiger partial charge in [-0.1, -0.05) is 15.9 Å². The van der Waals surface area contributed by atoms with Gasteiger partial charge in [0, 0.05) is 30.7 Å². The maximum Gasteiger partial charge on any atom is 0.295 e. The van der Waals surface area contributed by atoms with Gasteiger partial charge in [-0.3, -0.25) is 14.5 Å². The van der Waals surface area contributed by atoms with E-state index in [0.29, 0.717) is 46.9 Å². The molecule has 2 aliphatic rings. The fourth-order valence-corrected chi connectivity index (χ4v) is 5.21. The summed E-state index contributed by atoms with van der Waals surface area (Å²) in [5.74, 6) is -1.25. The third-order valence-electron chi connectivity index (χ3n) is 6.73. The van der Waals surface area contributed by atoms with Crippen LogP contribution in [0.15, 0.2) is 40.4 Å². The molecule has 2 heterocycles. The predicted octanol–water partition coefficient (Wildman–Crippen LogP) is 3.32. The molecule has 10 nitrogen and oxygen atoms in total. The number of carbonyl (C=O) groups is 2. The summed E-state index contributed by atoms with van der Waals surface area (Å²) in [7, 11) is 4.42. The van der Waals surface area contributed by atoms with E-state index in [0.717, 1.165) is 19.6 Å². The molecular weight excluding hydrogens is 560 g/mol. The van der Waals surface area contributed by atoms with Crippen molar-refractivity contribution in [2.45, 2.75) is 12.5 Å². The maximum atomic E-state index is 13.4. The molecule has 204 valence electrons. The number of phenols is 1. The molecule has 2 saturated heterocycles. The van der Waals surface area contributed by atoms with Crippen molar-refractivity contribution >= 4 is 33.4 Å². The van der Waals surface area contributed by atoms with Crippen LogP contribution in [0.5, 0.6) is 23.0 Å². The Labute approximate surface area is 229 Å². The van der Waals surface area contributed by atoms with Crippen LogP contribution in [0.25, 0.3) is 5.76 Å². The van der Waals surface area contributed by atoms with E-state index in [9.17, 15) is 19.8 Å². The number of carbonyl (C=O) groups excluding carboxylic acids is 2. The summed E-state index contributed by atoms with van der Waals surface area (Å²) in [5.41, 5.74) is 0.383. The lowest BCUT2D eigenvalue weighted by atomic mass is 9.94. The Balaban J connectivity index is 1.81. The van der Waals surface area contributed by atoms with Crippen molar-refractivity contribution in [3.8, 4) is 23.0 Å². The van der Waals surface area contributed by atoms with Crippen LogP contribution in [-0.2, 0) is 14.3 Å². The van der Waals surface area contributed by atoms with Crippen LogP contribution in [0.4, 0.5) is 0 Å². The fraction of sp³-hybridized carbons (Fsp3) is 0.407. The zero-order valence-corrected chi connectivity index (χ0v) is 23.1. The van der Waals surface area contributed by atoms with Crippen LogP contribution in [0.1, 0.15) is 23.6 Å². The molecule has 0 aliphatic carbocycles. The summed E-state index contributed by atoms with van der Waals surface area (Å²) in [6.07, 6.45) is 0.607. The largest absolute Gasteiger partial charge is 0.507 e. The van der Waals surface area contributed by atoms with Crippen LogP contribution < -0.4 is 14.2 Å². The highest BCUT2D eigenvalue weighted by Gasteiger charge is 2.46. The average Bonchev–Trinajstić information content (AvgIpc) is 3.18. The lowest BCUT2D eigenvalue weighted by Gasteiger charge is -2.29. The molecule has 2 aromatic carbocycles. The van der Waals surface area contributed by atoms with Gasteiger partial charge in [0.05, 0.1) is 51.7 Å². The number of halogens is 1. The second-order valence-corrected chi connectivity index (χ2v) is 9.84. The van der Waals surface area contributed by atoms with Gasteiger partial charge < -0.3 is 34.1 Å². The van der Waals surface area contributed by atoms with Crippen molar-refractivity contribution in [2.24, 2.45) is 0 Å². The number of hydrogen-bond acceptors (Lipinski definition) is 9. The molecule has 4 rings (SSSR count). The first-order valence-electron chi connectivity index (χ1n) is 12.2. The molecule has 1 atom stereocenters. The minimum absolute atomic E-state index is 0.0307. The molecule has 0 spiro atoms. The Morgan fingerprint density at radius 1 is 1.03 bits per heavy atom. The minimum Gasteiger partial charge on any atom is -0.507 e. The third-order valence-corrected chi connectivity index (χ3v) is 7.23. The molecular formula is C27H31BrN2O8. The molecule has 2 N–H and O–H groups in total. The van der Waals surface area contributed by atoms with Gasteiger partial charge in [0.1, 0.15) is 11.5 Å². The monoisotopic (exact) mass is 590 g/mol. The first kappa shape index (κ1) is 27.7. The van der Waals surface area contributed by atoms with Crippen molar-refractivity contribution in [1.29, 1.82) is 0 Å². The lowest BCUT2D eigenvalue weighted by Crippen LogP contribution is -2.39. The highest BCUT2D eigenvalue weighted by molar-refractivity contribution is 9.10. The lowest BCUT2D eigenvalue weighted by molar-refractivity contribution is -0.140. The van der Waals surface area contributed by atoms with Gasteiger partial charge in [-0.05, 0) is 42.3 Å². The van der Waals surface area contributed by atoms with Crippen LogP contribution in [0, 0.1) is 0 Å². The predicted molar refractivity (Wildman–Crippen MR) is 143 cm³/mol. The van der Waals surface area contributed by atoms with Crippen LogP contribution in [0.3, 0.4) is 0 Å². The normalized spacial score (nSPS) is 19.6. The van der Waals surface area contributed by atoms with Crippen molar-refractivity contribution in [3.63, 3.8) is 0 Å². The highest BCUT2D eigenvalue weighted by Crippen LogP contribution is 2.46. The molecule has 0 saturated carbocycles. The van der Waals surface area contributed by atoms with E-state index in [1.54, 1.807) is 18.2 Å². The number of morpholine rings is 1. The van der Waals surface area contributed by atoms with E-state index < -0.39 is 23.5 Å². The summed E-state index contributed by atoms with van der Waals surface area (Å²) in [6, 6.07) is 6.84. The van der Waals surface area contributed by atoms with Gasteiger partial charge in [0.15, 0.2) is 11.5 Å². The highest BCUT2D eigenvalue weighted by atomic mass is 79.9. The number of aliphatic hydroxyl groups excluding tert-OH is 1. The van der Waals surface area contributed by atoms with Crippen LogP contribution >= 0.6 is 15.9 Å². The smallest absolute Gasteiger partial charge is 0.295 e. The van der Waals surface area contributed by atoms with E-state index in [2.05, 4.69) is 20.8 Å². The molecule has 0 bridgehead atoms. The van der Waals surface area contributed by atoms with Crippen LogP contribution in [-0.4, -0.2) is 92.4 Å². The van der Waals surface area contributed by atoms with Crippen molar-refractivity contribution < 1.29 is 38.7 Å². The van der Waals surface area contributed by atoms with Crippen LogP contribution in [0.2, 0.25) is 0 Å². The zero-order chi connectivity index (χ0) is 27.4. The number of amides is 1. The average molecular weight is 591 g/mol. The molecule has 2 fully saturated rings. The van der Waals surface area contributed by atoms with Crippen molar-refractivity contribution in [3.05, 3.63) is 51.5 Å². The Morgan fingerprint density at radius 2 is 1.68 bits per heavy atom. The number of likely N-dealkylation sites (tertiary alicyclic amines) is 1. The number of nitrogens with zero attached hydrogens (tertiary/aromatic N) is 2.